The topological polar surface area (TPSA) is 33.0 Å². The van der Waals surface area contributed by atoms with E-state index in [1.165, 1.54) is 16.7 Å². The molecule has 1 aromatic carbocycles. The van der Waals surface area contributed by atoms with Gasteiger partial charge in [0.2, 0.25) is 0 Å². The fourth-order valence-electron chi connectivity index (χ4n) is 2.06. The average Bonchev–Trinajstić information content (AvgIpc) is 2.40. The number of hydrogen-bond acceptors (Lipinski definition) is 2. The van der Waals surface area contributed by atoms with Crippen LogP contribution in [0.1, 0.15) is 25.8 Å². The Balaban J connectivity index is 2.36. The molecular weight excluding hydrogens is 222 g/mol. The van der Waals surface area contributed by atoms with E-state index in [9.17, 15) is 0 Å². The molecule has 0 heterocycles. The fraction of sp³-hybridized carbons (Fsp3) is 0.188. The molecule has 0 N–H and O–H groups in total. The second-order valence-electron chi connectivity index (χ2n) is 4.41. The van der Waals surface area contributed by atoms with Crippen molar-refractivity contribution in [2.75, 3.05) is 0 Å². The molecule has 0 saturated carbocycles. The van der Waals surface area contributed by atoms with E-state index in [1.54, 1.807) is 6.26 Å². The molecule has 0 aromatic heterocycles. The van der Waals surface area contributed by atoms with Gasteiger partial charge in [0.25, 0.3) is 6.26 Å². The molecule has 0 atom stereocenters. The quantitative estimate of drug-likeness (QED) is 0.721. The van der Waals surface area contributed by atoms with Crippen molar-refractivity contribution in [3.63, 3.8) is 0 Å². The molecule has 1 aliphatic carbocycles. The minimum Gasteiger partial charge on any atom is -0.388 e. The molecule has 0 spiro atoms. The maximum atomic E-state index is 8.45. The predicted octanol–water partition coefficient (Wildman–Crippen LogP) is 4.23. The lowest BCUT2D eigenvalue weighted by molar-refractivity contribution is 0.507. The van der Waals surface area contributed by atoms with Crippen molar-refractivity contribution in [2.45, 2.75) is 20.3 Å². The molecule has 0 saturated heterocycles. The highest BCUT2D eigenvalue weighted by Crippen LogP contribution is 2.32. The number of benzene rings is 1. The van der Waals surface area contributed by atoms with Gasteiger partial charge in [-0.2, -0.15) is 0 Å². The van der Waals surface area contributed by atoms with Crippen molar-refractivity contribution < 1.29 is 4.74 Å². The second kappa shape index (κ2) is 5.37. The summed E-state index contributed by atoms with van der Waals surface area (Å²) in [5, 5.41) is 8.45. The first-order valence-electron chi connectivity index (χ1n) is 5.92. The molecule has 0 aliphatic heterocycles. The number of rotatable bonds is 2. The maximum absolute atomic E-state index is 8.45. The van der Waals surface area contributed by atoms with Gasteiger partial charge < -0.3 is 4.74 Å². The van der Waals surface area contributed by atoms with Gasteiger partial charge in [0.15, 0.2) is 0 Å². The van der Waals surface area contributed by atoms with E-state index in [4.69, 9.17) is 10.00 Å². The maximum Gasteiger partial charge on any atom is 0.292 e. The third-order valence-corrected chi connectivity index (χ3v) is 2.98. The first-order chi connectivity index (χ1) is 8.72. The Morgan fingerprint density at radius 3 is 2.56 bits per heavy atom. The highest BCUT2D eigenvalue weighted by Gasteiger charge is 2.10. The van der Waals surface area contributed by atoms with Crippen LogP contribution in [-0.4, -0.2) is 0 Å². The van der Waals surface area contributed by atoms with E-state index in [0.717, 1.165) is 12.0 Å². The lowest BCUT2D eigenvalue weighted by Gasteiger charge is -2.16. The van der Waals surface area contributed by atoms with Gasteiger partial charge in [-0.3, -0.25) is 0 Å². The summed E-state index contributed by atoms with van der Waals surface area (Å²) in [6.45, 7) is 4.27. The second-order valence-corrected chi connectivity index (χ2v) is 4.41. The van der Waals surface area contributed by atoms with Gasteiger partial charge >= 0.3 is 0 Å². The first-order valence-corrected chi connectivity index (χ1v) is 5.92. The molecule has 2 nitrogen and oxygen atoms in total. The SMILES string of the molecule is CC(C)=C1CC=CC=C1c1ccc(OC#N)cc1. The number of nitriles is 1. The smallest absolute Gasteiger partial charge is 0.292 e. The van der Waals surface area contributed by atoms with Crippen LogP contribution in [0.4, 0.5) is 0 Å². The Bertz CT molecular complexity index is 564. The lowest BCUT2D eigenvalue weighted by Crippen LogP contribution is -1.95. The number of hydrogen-bond donors (Lipinski definition) is 0. The van der Waals surface area contributed by atoms with Crippen molar-refractivity contribution in [2.24, 2.45) is 0 Å². The summed E-state index contributed by atoms with van der Waals surface area (Å²) in [5.41, 5.74) is 5.11. The minimum atomic E-state index is 0.576. The highest BCUT2D eigenvalue weighted by molar-refractivity contribution is 5.82. The summed E-state index contributed by atoms with van der Waals surface area (Å²) in [6.07, 6.45) is 9.03. The third-order valence-electron chi connectivity index (χ3n) is 2.98. The van der Waals surface area contributed by atoms with E-state index in [-0.39, 0.29) is 0 Å². The van der Waals surface area contributed by atoms with Crippen molar-refractivity contribution in [3.05, 3.63) is 59.2 Å². The molecule has 90 valence electrons. The van der Waals surface area contributed by atoms with Crippen molar-refractivity contribution in [1.29, 1.82) is 5.26 Å². The number of allylic oxidation sites excluding steroid dienone is 6. The summed E-state index contributed by atoms with van der Waals surface area (Å²) in [6, 6.07) is 7.61. The molecule has 0 amide bonds. The molecule has 0 fully saturated rings. The summed E-state index contributed by atoms with van der Waals surface area (Å²) in [5.74, 6) is 0.576. The average molecular weight is 237 g/mol. The summed E-state index contributed by atoms with van der Waals surface area (Å²) in [4.78, 5) is 0. The van der Waals surface area contributed by atoms with Crippen molar-refractivity contribution >= 4 is 5.57 Å². The Kier molecular flexibility index (Phi) is 3.64. The zero-order valence-electron chi connectivity index (χ0n) is 10.6. The van der Waals surface area contributed by atoms with Crippen LogP contribution in [0.2, 0.25) is 0 Å². The van der Waals surface area contributed by atoms with Gasteiger partial charge in [0, 0.05) is 0 Å². The molecular formula is C16H15NO. The number of ether oxygens (including phenoxy) is 1. The first kappa shape index (κ1) is 12.2. The van der Waals surface area contributed by atoms with Crippen LogP contribution in [0.15, 0.2) is 53.6 Å². The van der Waals surface area contributed by atoms with Crippen LogP contribution in [0.5, 0.6) is 5.75 Å². The summed E-state index contributed by atoms with van der Waals surface area (Å²) >= 11 is 0. The monoisotopic (exact) mass is 237 g/mol. The largest absolute Gasteiger partial charge is 0.388 e. The summed E-state index contributed by atoms with van der Waals surface area (Å²) in [7, 11) is 0. The molecule has 18 heavy (non-hydrogen) atoms. The Morgan fingerprint density at radius 2 is 1.94 bits per heavy atom. The summed E-state index contributed by atoms with van der Waals surface area (Å²) < 4.78 is 4.78. The van der Waals surface area contributed by atoms with Crippen LogP contribution in [0.3, 0.4) is 0 Å². The zero-order valence-corrected chi connectivity index (χ0v) is 10.6. The van der Waals surface area contributed by atoms with Gasteiger partial charge in [-0.1, -0.05) is 35.9 Å². The van der Waals surface area contributed by atoms with Gasteiger partial charge in [-0.15, -0.1) is 5.26 Å². The standard InChI is InChI=1S/C16H15NO/c1-12(2)15-5-3-4-6-16(15)13-7-9-14(10-8-13)18-11-17/h3-4,6-10H,5H2,1-2H3. The van der Waals surface area contributed by atoms with Crippen LogP contribution in [-0.2, 0) is 0 Å². The van der Waals surface area contributed by atoms with E-state index < -0.39 is 0 Å². The molecule has 0 radical (unpaired) electrons. The van der Waals surface area contributed by atoms with Gasteiger partial charge in [-0.05, 0) is 49.1 Å². The predicted molar refractivity (Wildman–Crippen MR) is 72.8 cm³/mol. The van der Waals surface area contributed by atoms with Crippen LogP contribution < -0.4 is 4.74 Å². The van der Waals surface area contributed by atoms with E-state index in [2.05, 4.69) is 32.1 Å². The minimum absolute atomic E-state index is 0.576. The molecule has 1 aliphatic rings. The Hall–Kier alpha value is -2.27. The van der Waals surface area contributed by atoms with Crippen LogP contribution in [0, 0.1) is 11.5 Å². The van der Waals surface area contributed by atoms with Crippen LogP contribution in [0.25, 0.3) is 5.57 Å². The van der Waals surface area contributed by atoms with E-state index in [1.807, 2.05) is 24.3 Å². The van der Waals surface area contributed by atoms with Gasteiger partial charge in [0.05, 0.1) is 0 Å². The Labute approximate surface area is 108 Å². The highest BCUT2D eigenvalue weighted by atomic mass is 16.5. The third kappa shape index (κ3) is 2.52. The molecule has 2 heteroatoms. The Morgan fingerprint density at radius 1 is 1.22 bits per heavy atom. The molecule has 0 unspecified atom stereocenters. The zero-order chi connectivity index (χ0) is 13.0. The van der Waals surface area contributed by atoms with E-state index in [0.29, 0.717) is 5.75 Å². The number of nitrogens with zero attached hydrogens (tertiary/aromatic N) is 1. The molecule has 2 rings (SSSR count). The lowest BCUT2D eigenvalue weighted by atomic mass is 9.89. The van der Waals surface area contributed by atoms with Gasteiger partial charge in [-0.25, -0.2) is 0 Å². The fourth-order valence-corrected chi connectivity index (χ4v) is 2.06. The van der Waals surface area contributed by atoms with Crippen LogP contribution >= 0.6 is 0 Å². The van der Waals surface area contributed by atoms with Crippen molar-refractivity contribution in [3.8, 4) is 12.0 Å². The molecule has 1 aromatic rings. The van der Waals surface area contributed by atoms with E-state index >= 15 is 0 Å². The van der Waals surface area contributed by atoms with Gasteiger partial charge in [0.1, 0.15) is 5.75 Å². The normalized spacial score (nSPS) is 13.8. The molecule has 0 bridgehead atoms. The van der Waals surface area contributed by atoms with Crippen molar-refractivity contribution in [1.82, 2.24) is 0 Å².